The van der Waals surface area contributed by atoms with Crippen LogP contribution < -0.4 is 9.64 Å². The van der Waals surface area contributed by atoms with Gasteiger partial charge in [0, 0.05) is 16.5 Å². The maximum atomic E-state index is 12.4. The summed E-state index contributed by atoms with van der Waals surface area (Å²) in [6.45, 7) is 1.59. The standard InChI is InChI=1S/C21H18N2O4S/c1-2-16(21(25)26)23-17-10-14(8-9-18(17)27-11-19(23)24)15-12-28-20(22-15)13-6-4-3-5-7-13/h3-10,12,16H,2,11H2,1H3,(H,25,26). The molecule has 3 aromatic rings. The average Bonchev–Trinajstić information content (AvgIpc) is 3.20. The summed E-state index contributed by atoms with van der Waals surface area (Å²) in [5.41, 5.74) is 3.08. The highest BCUT2D eigenvalue weighted by atomic mass is 32.1. The number of carbonyl (C=O) groups excluding carboxylic acids is 1. The quantitative estimate of drug-likeness (QED) is 0.706. The normalized spacial score (nSPS) is 14.3. The number of rotatable bonds is 5. The number of benzene rings is 2. The van der Waals surface area contributed by atoms with Crippen molar-refractivity contribution in [2.75, 3.05) is 11.5 Å². The van der Waals surface area contributed by atoms with E-state index >= 15 is 0 Å². The lowest BCUT2D eigenvalue weighted by atomic mass is 10.1. The first-order valence-corrected chi connectivity index (χ1v) is 9.79. The van der Waals surface area contributed by atoms with Gasteiger partial charge in [-0.25, -0.2) is 9.78 Å². The topological polar surface area (TPSA) is 79.7 Å². The number of aliphatic carboxylic acids is 1. The molecule has 1 atom stereocenters. The number of nitrogens with zero attached hydrogens (tertiary/aromatic N) is 2. The van der Waals surface area contributed by atoms with Crippen LogP contribution in [0.3, 0.4) is 0 Å². The van der Waals surface area contributed by atoms with Crippen LogP contribution in [-0.4, -0.2) is 34.6 Å². The molecule has 0 spiro atoms. The molecule has 0 bridgehead atoms. The molecule has 2 aromatic carbocycles. The van der Waals surface area contributed by atoms with Crippen molar-refractivity contribution in [1.29, 1.82) is 0 Å². The zero-order valence-electron chi connectivity index (χ0n) is 15.2. The Morgan fingerprint density at radius 1 is 1.25 bits per heavy atom. The van der Waals surface area contributed by atoms with Gasteiger partial charge in [0.2, 0.25) is 0 Å². The first kappa shape index (κ1) is 18.2. The monoisotopic (exact) mass is 394 g/mol. The van der Waals surface area contributed by atoms with E-state index in [0.29, 0.717) is 17.9 Å². The summed E-state index contributed by atoms with van der Waals surface area (Å²) >= 11 is 1.53. The third-order valence-electron chi connectivity index (χ3n) is 4.64. The van der Waals surface area contributed by atoms with Crippen molar-refractivity contribution in [3.8, 4) is 27.6 Å². The highest BCUT2D eigenvalue weighted by Gasteiger charge is 2.35. The molecule has 1 aliphatic rings. The Hall–Kier alpha value is -3.19. The number of carboxylic acid groups (broad SMARTS) is 1. The molecule has 1 amide bonds. The second kappa shape index (κ2) is 7.44. The van der Waals surface area contributed by atoms with E-state index in [2.05, 4.69) is 0 Å². The Balaban J connectivity index is 1.74. The minimum absolute atomic E-state index is 0.162. The number of fused-ring (bicyclic) bond motifs is 1. The molecule has 0 saturated carbocycles. The molecule has 0 radical (unpaired) electrons. The Morgan fingerprint density at radius 2 is 2.04 bits per heavy atom. The predicted octanol–water partition coefficient (Wildman–Crippen LogP) is 4.07. The molecule has 1 unspecified atom stereocenters. The molecule has 6 nitrogen and oxygen atoms in total. The SMILES string of the molecule is CCC(C(=O)O)N1C(=O)COc2ccc(-c3csc(-c4ccccc4)n3)cc21. The largest absolute Gasteiger partial charge is 0.482 e. The van der Waals surface area contributed by atoms with Crippen molar-refractivity contribution in [2.24, 2.45) is 0 Å². The van der Waals surface area contributed by atoms with Crippen molar-refractivity contribution >= 4 is 28.9 Å². The summed E-state index contributed by atoms with van der Waals surface area (Å²) in [6, 6.07) is 14.4. The van der Waals surface area contributed by atoms with Crippen LogP contribution in [0, 0.1) is 0 Å². The Labute approximate surface area is 166 Å². The first-order chi connectivity index (χ1) is 13.6. The van der Waals surface area contributed by atoms with Crippen LogP contribution in [0.15, 0.2) is 53.9 Å². The summed E-state index contributed by atoms with van der Waals surface area (Å²) in [4.78, 5) is 30.1. The predicted molar refractivity (Wildman–Crippen MR) is 108 cm³/mol. The smallest absolute Gasteiger partial charge is 0.326 e. The summed E-state index contributed by atoms with van der Waals surface area (Å²) in [5.74, 6) is -0.891. The van der Waals surface area contributed by atoms with E-state index in [1.165, 1.54) is 16.2 Å². The van der Waals surface area contributed by atoms with Gasteiger partial charge in [0.05, 0.1) is 11.4 Å². The highest BCUT2D eigenvalue weighted by Crippen LogP contribution is 2.38. The number of carbonyl (C=O) groups is 2. The van der Waals surface area contributed by atoms with Gasteiger partial charge >= 0.3 is 5.97 Å². The van der Waals surface area contributed by atoms with Gasteiger partial charge in [-0.2, -0.15) is 0 Å². The lowest BCUT2D eigenvalue weighted by Crippen LogP contribution is -2.49. The maximum Gasteiger partial charge on any atom is 0.326 e. The van der Waals surface area contributed by atoms with Crippen molar-refractivity contribution in [3.63, 3.8) is 0 Å². The zero-order valence-corrected chi connectivity index (χ0v) is 16.0. The number of amides is 1. The number of anilines is 1. The fraction of sp³-hybridized carbons (Fsp3) is 0.190. The van der Waals surface area contributed by atoms with Crippen LogP contribution >= 0.6 is 11.3 Å². The van der Waals surface area contributed by atoms with Crippen molar-refractivity contribution in [3.05, 3.63) is 53.9 Å². The molecule has 0 fully saturated rings. The fourth-order valence-corrected chi connectivity index (χ4v) is 4.09. The Morgan fingerprint density at radius 3 is 2.75 bits per heavy atom. The number of hydrogen-bond acceptors (Lipinski definition) is 5. The number of ether oxygens (including phenoxy) is 1. The second-order valence-electron chi connectivity index (χ2n) is 6.40. The fourth-order valence-electron chi connectivity index (χ4n) is 3.26. The van der Waals surface area contributed by atoms with E-state index in [1.807, 2.05) is 41.8 Å². The second-order valence-corrected chi connectivity index (χ2v) is 7.26. The first-order valence-electron chi connectivity index (χ1n) is 8.91. The molecule has 0 aliphatic carbocycles. The molecule has 2 heterocycles. The molecular formula is C21H18N2O4S. The van der Waals surface area contributed by atoms with Gasteiger partial charge in [-0.3, -0.25) is 9.69 Å². The van der Waals surface area contributed by atoms with E-state index in [1.54, 1.807) is 19.1 Å². The summed E-state index contributed by atoms with van der Waals surface area (Å²) in [6.07, 6.45) is 0.305. The molecule has 0 saturated heterocycles. The Kier molecular flexibility index (Phi) is 4.83. The maximum absolute atomic E-state index is 12.4. The molecular weight excluding hydrogens is 376 g/mol. The molecule has 7 heteroatoms. The van der Waals surface area contributed by atoms with Crippen molar-refractivity contribution in [1.82, 2.24) is 4.98 Å². The van der Waals surface area contributed by atoms with E-state index in [4.69, 9.17) is 9.72 Å². The lowest BCUT2D eigenvalue weighted by molar-refractivity contribution is -0.140. The third-order valence-corrected chi connectivity index (χ3v) is 5.53. The number of carboxylic acids is 1. The van der Waals surface area contributed by atoms with E-state index < -0.39 is 12.0 Å². The van der Waals surface area contributed by atoms with E-state index in [9.17, 15) is 14.7 Å². The molecule has 1 aromatic heterocycles. The van der Waals surface area contributed by atoms with E-state index in [-0.39, 0.29) is 12.5 Å². The number of thiazole rings is 1. The molecule has 1 N–H and O–H groups in total. The summed E-state index contributed by atoms with van der Waals surface area (Å²) in [7, 11) is 0. The molecule has 1 aliphatic heterocycles. The van der Waals surface area contributed by atoms with Gasteiger partial charge in [0.15, 0.2) is 6.61 Å². The third kappa shape index (κ3) is 3.25. The van der Waals surface area contributed by atoms with Crippen LogP contribution in [0.25, 0.3) is 21.8 Å². The number of aromatic nitrogens is 1. The van der Waals surface area contributed by atoms with Crippen molar-refractivity contribution in [2.45, 2.75) is 19.4 Å². The van der Waals surface area contributed by atoms with Crippen LogP contribution in [0.2, 0.25) is 0 Å². The van der Waals surface area contributed by atoms with Gasteiger partial charge in [0.1, 0.15) is 16.8 Å². The van der Waals surface area contributed by atoms with Crippen LogP contribution in [0.4, 0.5) is 5.69 Å². The summed E-state index contributed by atoms with van der Waals surface area (Å²) < 4.78 is 5.50. The molecule has 28 heavy (non-hydrogen) atoms. The lowest BCUT2D eigenvalue weighted by Gasteiger charge is -2.33. The minimum Gasteiger partial charge on any atom is -0.482 e. The van der Waals surface area contributed by atoms with Gasteiger partial charge in [0.25, 0.3) is 5.91 Å². The molecule has 142 valence electrons. The average molecular weight is 394 g/mol. The van der Waals surface area contributed by atoms with Gasteiger partial charge in [-0.15, -0.1) is 11.3 Å². The van der Waals surface area contributed by atoms with Crippen LogP contribution in [0.1, 0.15) is 13.3 Å². The Bertz CT molecular complexity index is 1030. The van der Waals surface area contributed by atoms with Gasteiger partial charge in [-0.1, -0.05) is 37.3 Å². The zero-order chi connectivity index (χ0) is 19.7. The van der Waals surface area contributed by atoms with Gasteiger partial charge in [-0.05, 0) is 24.6 Å². The van der Waals surface area contributed by atoms with Crippen LogP contribution in [0.5, 0.6) is 5.75 Å². The number of hydrogen-bond donors (Lipinski definition) is 1. The van der Waals surface area contributed by atoms with Crippen molar-refractivity contribution < 1.29 is 19.4 Å². The minimum atomic E-state index is -1.03. The van der Waals surface area contributed by atoms with Crippen LogP contribution in [-0.2, 0) is 9.59 Å². The van der Waals surface area contributed by atoms with E-state index in [0.717, 1.165) is 21.8 Å². The summed E-state index contributed by atoms with van der Waals surface area (Å²) in [5, 5.41) is 12.4. The molecule has 4 rings (SSSR count). The van der Waals surface area contributed by atoms with Gasteiger partial charge < -0.3 is 9.84 Å². The highest BCUT2D eigenvalue weighted by molar-refractivity contribution is 7.13.